The number of hydrogen-bond acceptors (Lipinski definition) is 8. The Balaban J connectivity index is 1.20. The second-order valence-electron chi connectivity index (χ2n) is 9.26. The molecule has 0 spiro atoms. The summed E-state index contributed by atoms with van der Waals surface area (Å²) in [6.07, 6.45) is 2.27. The first-order chi connectivity index (χ1) is 16.6. The van der Waals surface area contributed by atoms with E-state index in [1.54, 1.807) is 0 Å². The number of ether oxygens (including phenoxy) is 2. The van der Waals surface area contributed by atoms with Crippen molar-refractivity contribution in [3.8, 4) is 11.5 Å². The molecule has 3 aliphatic rings. The third kappa shape index (κ3) is 3.73. The lowest BCUT2D eigenvalue weighted by molar-refractivity contribution is 0.0628. The van der Waals surface area contributed by atoms with E-state index in [0.29, 0.717) is 36.0 Å². The molecule has 0 radical (unpaired) electrons. The summed E-state index contributed by atoms with van der Waals surface area (Å²) in [4.78, 5) is 29.5. The zero-order chi connectivity index (χ0) is 23.2. The van der Waals surface area contributed by atoms with Gasteiger partial charge in [0.05, 0.1) is 10.9 Å². The van der Waals surface area contributed by atoms with Crippen molar-refractivity contribution in [1.82, 2.24) is 19.8 Å². The van der Waals surface area contributed by atoms with Gasteiger partial charge >= 0.3 is 0 Å². The number of amides is 1. The van der Waals surface area contributed by atoms with Crippen molar-refractivity contribution in [2.24, 2.45) is 0 Å². The van der Waals surface area contributed by atoms with Gasteiger partial charge in [0.2, 0.25) is 12.5 Å². The van der Waals surface area contributed by atoms with Gasteiger partial charge in [-0.2, -0.15) is 4.98 Å². The average molecular weight is 464 g/mol. The number of piperazine rings is 1. The first kappa shape index (κ1) is 21.2. The minimum absolute atomic E-state index is 0.00637. The number of aryl methyl sites for hydroxylation is 2. The molecule has 5 heterocycles. The van der Waals surface area contributed by atoms with Gasteiger partial charge in [-0.15, -0.1) is 0 Å². The number of rotatable bonds is 4. The predicted molar refractivity (Wildman–Crippen MR) is 126 cm³/mol. The van der Waals surface area contributed by atoms with E-state index in [0.717, 1.165) is 68.3 Å². The Bertz CT molecular complexity index is 1240. The molecule has 0 aliphatic carbocycles. The minimum atomic E-state index is 0.00637. The van der Waals surface area contributed by atoms with Crippen molar-refractivity contribution in [2.45, 2.75) is 33.2 Å². The van der Waals surface area contributed by atoms with E-state index in [4.69, 9.17) is 18.9 Å². The van der Waals surface area contributed by atoms with Crippen LogP contribution in [0.3, 0.4) is 0 Å². The molecule has 3 aliphatic heterocycles. The first-order valence-corrected chi connectivity index (χ1v) is 12.0. The number of hydrogen-bond donors (Lipinski definition) is 0. The van der Waals surface area contributed by atoms with Crippen LogP contribution in [-0.2, 0) is 6.54 Å². The molecule has 0 unspecified atom stereocenters. The molecular weight excluding hydrogens is 434 g/mol. The van der Waals surface area contributed by atoms with Crippen LogP contribution in [-0.4, -0.2) is 71.7 Å². The smallest absolute Gasteiger partial charge is 0.258 e. The molecule has 0 saturated carbocycles. The van der Waals surface area contributed by atoms with Gasteiger partial charge < -0.3 is 23.7 Å². The summed E-state index contributed by atoms with van der Waals surface area (Å²) >= 11 is 0. The summed E-state index contributed by atoms with van der Waals surface area (Å²) in [6.45, 7) is 9.68. The molecule has 0 atom stereocenters. The van der Waals surface area contributed by atoms with Crippen molar-refractivity contribution in [2.75, 3.05) is 51.0 Å². The monoisotopic (exact) mass is 463 g/mol. The van der Waals surface area contributed by atoms with E-state index in [9.17, 15) is 4.79 Å². The van der Waals surface area contributed by atoms with Crippen molar-refractivity contribution >= 4 is 22.8 Å². The Hall–Kier alpha value is -3.33. The summed E-state index contributed by atoms with van der Waals surface area (Å²) in [6, 6.07) is 6.09. The highest BCUT2D eigenvalue weighted by molar-refractivity contribution is 6.10. The molecule has 2 aromatic heterocycles. The number of benzene rings is 1. The van der Waals surface area contributed by atoms with Crippen LogP contribution >= 0.6 is 0 Å². The average Bonchev–Trinajstić information content (AvgIpc) is 3.58. The SMILES string of the molecule is Cc1nc(N2CCCC2)c2c(C(=O)N3CCN(Cc4ccc5c(c4)OCO5)CC3)c(C)oc2n1. The van der Waals surface area contributed by atoms with Gasteiger partial charge in [-0.25, -0.2) is 4.98 Å². The van der Waals surface area contributed by atoms with Crippen LogP contribution in [0.25, 0.3) is 11.1 Å². The van der Waals surface area contributed by atoms with E-state index in [-0.39, 0.29) is 12.7 Å². The molecule has 9 nitrogen and oxygen atoms in total. The van der Waals surface area contributed by atoms with Gasteiger partial charge in [0, 0.05) is 45.8 Å². The maximum atomic E-state index is 13.7. The maximum absolute atomic E-state index is 13.7. The van der Waals surface area contributed by atoms with Gasteiger partial charge in [0.15, 0.2) is 11.5 Å². The summed E-state index contributed by atoms with van der Waals surface area (Å²) in [5.74, 6) is 3.73. The number of fused-ring (bicyclic) bond motifs is 2. The summed E-state index contributed by atoms with van der Waals surface area (Å²) in [7, 11) is 0. The Morgan fingerprint density at radius 2 is 1.74 bits per heavy atom. The molecule has 178 valence electrons. The Morgan fingerprint density at radius 3 is 2.53 bits per heavy atom. The quantitative estimate of drug-likeness (QED) is 0.584. The van der Waals surface area contributed by atoms with Crippen molar-refractivity contribution in [1.29, 1.82) is 0 Å². The van der Waals surface area contributed by atoms with E-state index in [2.05, 4.69) is 20.9 Å². The maximum Gasteiger partial charge on any atom is 0.258 e. The fourth-order valence-corrected chi connectivity index (χ4v) is 5.18. The largest absolute Gasteiger partial charge is 0.454 e. The van der Waals surface area contributed by atoms with Crippen LogP contribution in [0.1, 0.15) is 40.3 Å². The molecule has 34 heavy (non-hydrogen) atoms. The lowest BCUT2D eigenvalue weighted by Crippen LogP contribution is -2.48. The number of aromatic nitrogens is 2. The van der Waals surface area contributed by atoms with Crippen LogP contribution in [0.2, 0.25) is 0 Å². The summed E-state index contributed by atoms with van der Waals surface area (Å²) in [5, 5.41) is 0.762. The van der Waals surface area contributed by atoms with Crippen LogP contribution < -0.4 is 14.4 Å². The van der Waals surface area contributed by atoms with Crippen molar-refractivity contribution in [3.63, 3.8) is 0 Å². The lowest BCUT2D eigenvalue weighted by atomic mass is 10.1. The highest BCUT2D eigenvalue weighted by Crippen LogP contribution is 2.35. The molecule has 6 rings (SSSR count). The van der Waals surface area contributed by atoms with Gasteiger partial charge in [-0.05, 0) is 44.4 Å². The molecule has 2 fully saturated rings. The van der Waals surface area contributed by atoms with Crippen molar-refractivity contribution in [3.05, 3.63) is 40.9 Å². The number of furan rings is 1. The fourth-order valence-electron chi connectivity index (χ4n) is 5.18. The molecule has 0 bridgehead atoms. The van der Waals surface area contributed by atoms with E-state index >= 15 is 0 Å². The number of nitrogens with zero attached hydrogens (tertiary/aromatic N) is 5. The Kier molecular flexibility index (Phi) is 5.28. The van der Waals surface area contributed by atoms with E-state index in [1.807, 2.05) is 30.9 Å². The first-order valence-electron chi connectivity index (χ1n) is 12.0. The molecule has 1 amide bonds. The van der Waals surface area contributed by atoms with Gasteiger partial charge in [0.1, 0.15) is 17.4 Å². The highest BCUT2D eigenvalue weighted by Gasteiger charge is 2.31. The predicted octanol–water partition coefficient (Wildman–Crippen LogP) is 3.13. The molecule has 0 N–H and O–H groups in total. The van der Waals surface area contributed by atoms with Crippen LogP contribution in [0.4, 0.5) is 5.82 Å². The van der Waals surface area contributed by atoms with Crippen LogP contribution in [0.15, 0.2) is 22.6 Å². The third-order valence-corrected chi connectivity index (χ3v) is 6.94. The normalized spacial score (nSPS) is 18.3. The second-order valence-corrected chi connectivity index (χ2v) is 9.26. The molecule has 9 heteroatoms. The standard InChI is InChI=1S/C25H29N5O4/c1-16-21(22-23(29-7-3-4-8-29)26-17(2)27-24(22)34-16)25(31)30-11-9-28(10-12-30)14-18-5-6-19-20(13-18)33-15-32-19/h5-6,13H,3-4,7-12,14-15H2,1-2H3. The number of anilines is 1. The highest BCUT2D eigenvalue weighted by atomic mass is 16.7. The van der Waals surface area contributed by atoms with Crippen LogP contribution in [0, 0.1) is 13.8 Å². The lowest BCUT2D eigenvalue weighted by Gasteiger charge is -2.34. The fraction of sp³-hybridized carbons (Fsp3) is 0.480. The second kappa shape index (κ2) is 8.47. The molecule has 2 saturated heterocycles. The van der Waals surface area contributed by atoms with Crippen LogP contribution in [0.5, 0.6) is 11.5 Å². The Morgan fingerprint density at radius 1 is 0.971 bits per heavy atom. The summed E-state index contributed by atoms with van der Waals surface area (Å²) in [5.41, 5.74) is 2.31. The van der Waals surface area contributed by atoms with E-state index in [1.165, 1.54) is 5.56 Å². The van der Waals surface area contributed by atoms with Gasteiger partial charge in [-0.3, -0.25) is 9.69 Å². The third-order valence-electron chi connectivity index (χ3n) is 6.94. The van der Waals surface area contributed by atoms with E-state index < -0.39 is 0 Å². The number of carbonyl (C=O) groups excluding carboxylic acids is 1. The molecule has 3 aromatic rings. The minimum Gasteiger partial charge on any atom is -0.454 e. The topological polar surface area (TPSA) is 84.2 Å². The summed E-state index contributed by atoms with van der Waals surface area (Å²) < 4.78 is 16.9. The zero-order valence-electron chi connectivity index (χ0n) is 19.7. The molecular formula is C25H29N5O4. The van der Waals surface area contributed by atoms with Gasteiger partial charge in [-0.1, -0.05) is 6.07 Å². The molecule has 1 aromatic carbocycles. The zero-order valence-corrected chi connectivity index (χ0v) is 19.7. The van der Waals surface area contributed by atoms with Crippen molar-refractivity contribution < 1.29 is 18.7 Å². The van der Waals surface area contributed by atoms with Gasteiger partial charge in [0.25, 0.3) is 5.91 Å². The Labute approximate surface area is 198 Å². The number of carbonyl (C=O) groups is 1.